The van der Waals surface area contributed by atoms with Crippen molar-refractivity contribution >= 4 is 49.8 Å². The highest BCUT2D eigenvalue weighted by molar-refractivity contribution is 7.85. The molecule has 45 heavy (non-hydrogen) atoms. The first-order valence-corrected chi connectivity index (χ1v) is 15.7. The summed E-state index contributed by atoms with van der Waals surface area (Å²) in [7, 11) is -3.66. The molecule has 16 heteroatoms. The average molecular weight is 641 g/mol. The number of amides is 1. The summed E-state index contributed by atoms with van der Waals surface area (Å²) >= 11 is 0. The van der Waals surface area contributed by atoms with Crippen molar-refractivity contribution in [3.8, 4) is 0 Å². The van der Waals surface area contributed by atoms with E-state index in [1.165, 1.54) is 25.4 Å². The Morgan fingerprint density at radius 3 is 2.80 bits per heavy atom. The number of ether oxygens (including phenoxy) is 2. The summed E-state index contributed by atoms with van der Waals surface area (Å²) in [6.45, 7) is 5.83. The van der Waals surface area contributed by atoms with Crippen molar-refractivity contribution in [3.05, 3.63) is 78.1 Å². The van der Waals surface area contributed by atoms with E-state index >= 15 is 0 Å². The number of hydrogen-bond acceptors (Lipinski definition) is 10. The van der Waals surface area contributed by atoms with Crippen LogP contribution in [-0.4, -0.2) is 81.6 Å². The van der Waals surface area contributed by atoms with Crippen molar-refractivity contribution in [1.29, 1.82) is 0 Å². The minimum atomic E-state index is -3.66. The Bertz CT molecular complexity index is 1910. The van der Waals surface area contributed by atoms with E-state index in [0.29, 0.717) is 31.3 Å². The molecule has 5 aromatic rings. The lowest BCUT2D eigenvalue weighted by Gasteiger charge is -2.23. The lowest BCUT2D eigenvalue weighted by molar-refractivity contribution is 0.0494. The Balaban J connectivity index is 0.000000609. The van der Waals surface area contributed by atoms with Crippen LogP contribution in [0.3, 0.4) is 0 Å². The SMILES string of the molecule is CCS(=O)(=O)O.Cc1c(NC(=O)OC[C@@H]2COCCN2)cn2ncnc(Nc3ccc4c(cnn4Cc4cccc(F)c4)c3)c12. The van der Waals surface area contributed by atoms with Gasteiger partial charge in [-0.25, -0.2) is 18.7 Å². The zero-order valence-electron chi connectivity index (χ0n) is 24.6. The molecule has 0 radical (unpaired) electrons. The number of fused-ring (bicyclic) bond motifs is 2. The monoisotopic (exact) mass is 640 g/mol. The number of morpholine rings is 1. The summed E-state index contributed by atoms with van der Waals surface area (Å²) in [5.74, 6) is 0.112. The van der Waals surface area contributed by atoms with E-state index in [-0.39, 0.29) is 24.2 Å². The van der Waals surface area contributed by atoms with Crippen LogP contribution in [0.5, 0.6) is 0 Å². The smallest absolute Gasteiger partial charge is 0.411 e. The minimum Gasteiger partial charge on any atom is -0.448 e. The van der Waals surface area contributed by atoms with E-state index in [1.54, 1.807) is 23.0 Å². The van der Waals surface area contributed by atoms with Crippen LogP contribution in [0, 0.1) is 12.7 Å². The Hall–Kier alpha value is -4.64. The number of carbonyl (C=O) groups excluding carboxylic acids is 1. The van der Waals surface area contributed by atoms with Crippen LogP contribution in [0.4, 0.5) is 26.4 Å². The van der Waals surface area contributed by atoms with Gasteiger partial charge in [-0.1, -0.05) is 12.1 Å². The van der Waals surface area contributed by atoms with Crippen molar-refractivity contribution in [2.75, 3.05) is 42.8 Å². The Kier molecular flexibility index (Phi) is 9.87. The van der Waals surface area contributed by atoms with Gasteiger partial charge in [-0.3, -0.25) is 14.6 Å². The van der Waals surface area contributed by atoms with E-state index in [0.717, 1.165) is 39.8 Å². The van der Waals surface area contributed by atoms with Gasteiger partial charge in [0.1, 0.15) is 24.3 Å². The predicted octanol–water partition coefficient (Wildman–Crippen LogP) is 3.75. The molecular formula is C29H33FN8O6S. The normalized spacial score (nSPS) is 15.0. The van der Waals surface area contributed by atoms with Crippen LogP contribution in [-0.2, 0) is 26.1 Å². The number of hydrogen-bond donors (Lipinski definition) is 4. The maximum absolute atomic E-state index is 13.6. The van der Waals surface area contributed by atoms with Gasteiger partial charge in [-0.05, 0) is 49.7 Å². The molecule has 4 N–H and O–H groups in total. The maximum Gasteiger partial charge on any atom is 0.411 e. The van der Waals surface area contributed by atoms with Gasteiger partial charge in [0.2, 0.25) is 0 Å². The van der Waals surface area contributed by atoms with Crippen molar-refractivity contribution in [1.82, 2.24) is 29.7 Å². The highest BCUT2D eigenvalue weighted by Crippen LogP contribution is 2.29. The van der Waals surface area contributed by atoms with Crippen LogP contribution in [0.25, 0.3) is 16.4 Å². The molecule has 0 bridgehead atoms. The fourth-order valence-electron chi connectivity index (χ4n) is 4.66. The van der Waals surface area contributed by atoms with Crippen molar-refractivity contribution < 1.29 is 31.6 Å². The van der Waals surface area contributed by atoms with E-state index in [1.807, 2.05) is 35.9 Å². The molecule has 0 unspecified atom stereocenters. The molecule has 4 heterocycles. The number of benzene rings is 2. The molecule has 0 spiro atoms. The predicted molar refractivity (Wildman–Crippen MR) is 166 cm³/mol. The average Bonchev–Trinajstić information content (AvgIpc) is 3.56. The van der Waals surface area contributed by atoms with Gasteiger partial charge in [0.25, 0.3) is 10.1 Å². The number of nitrogens with zero attached hydrogens (tertiary/aromatic N) is 5. The molecule has 14 nitrogen and oxygen atoms in total. The highest BCUT2D eigenvalue weighted by Gasteiger charge is 2.18. The molecule has 1 saturated heterocycles. The molecule has 6 rings (SSSR count). The van der Waals surface area contributed by atoms with E-state index in [2.05, 4.69) is 31.1 Å². The number of aryl methyl sites for hydroxylation is 1. The molecule has 1 amide bonds. The van der Waals surface area contributed by atoms with Gasteiger partial charge in [0.05, 0.1) is 55.2 Å². The topological polar surface area (TPSA) is 174 Å². The molecule has 0 aliphatic carbocycles. The van der Waals surface area contributed by atoms with Crippen molar-refractivity contribution in [2.45, 2.75) is 26.4 Å². The summed E-state index contributed by atoms with van der Waals surface area (Å²) in [5.41, 5.74) is 4.66. The second-order valence-electron chi connectivity index (χ2n) is 10.2. The number of carbonyl (C=O) groups is 1. The van der Waals surface area contributed by atoms with E-state index in [4.69, 9.17) is 14.0 Å². The van der Waals surface area contributed by atoms with Crippen LogP contribution in [0.1, 0.15) is 18.1 Å². The molecule has 1 fully saturated rings. The van der Waals surface area contributed by atoms with Gasteiger partial charge < -0.3 is 20.1 Å². The lowest BCUT2D eigenvalue weighted by atomic mass is 10.2. The Morgan fingerprint density at radius 1 is 1.24 bits per heavy atom. The van der Waals surface area contributed by atoms with Gasteiger partial charge in [-0.2, -0.15) is 18.6 Å². The second-order valence-corrected chi connectivity index (χ2v) is 12.0. The van der Waals surface area contributed by atoms with Crippen LogP contribution in [0.15, 0.2) is 61.2 Å². The number of halogens is 1. The zero-order valence-corrected chi connectivity index (χ0v) is 25.4. The summed E-state index contributed by atoms with van der Waals surface area (Å²) in [6.07, 6.45) is 4.40. The first-order valence-electron chi connectivity index (χ1n) is 14.1. The summed E-state index contributed by atoms with van der Waals surface area (Å²) in [5, 5.41) is 19.1. The molecule has 2 aromatic carbocycles. The largest absolute Gasteiger partial charge is 0.448 e. The van der Waals surface area contributed by atoms with Crippen LogP contribution in [0.2, 0.25) is 0 Å². The minimum absolute atomic E-state index is 0.0221. The number of rotatable bonds is 8. The maximum atomic E-state index is 13.6. The third-order valence-electron chi connectivity index (χ3n) is 6.97. The molecule has 238 valence electrons. The summed E-state index contributed by atoms with van der Waals surface area (Å²) < 4.78 is 54.8. The molecule has 3 aromatic heterocycles. The quantitative estimate of drug-likeness (QED) is 0.182. The fourth-order valence-corrected chi connectivity index (χ4v) is 4.66. The van der Waals surface area contributed by atoms with Gasteiger partial charge >= 0.3 is 6.09 Å². The molecule has 1 aliphatic heterocycles. The molecule has 1 aliphatic rings. The van der Waals surface area contributed by atoms with Crippen molar-refractivity contribution in [3.63, 3.8) is 0 Å². The summed E-state index contributed by atoms with van der Waals surface area (Å²) in [4.78, 5) is 16.9. The number of nitrogens with one attached hydrogen (secondary N) is 3. The fraction of sp³-hybridized carbons (Fsp3) is 0.310. The van der Waals surface area contributed by atoms with Gasteiger partial charge in [0, 0.05) is 23.2 Å². The first kappa shape index (κ1) is 31.8. The molecule has 0 saturated carbocycles. The summed E-state index contributed by atoms with van der Waals surface area (Å²) in [6, 6.07) is 12.3. The lowest BCUT2D eigenvalue weighted by Crippen LogP contribution is -2.44. The second kappa shape index (κ2) is 14.0. The third kappa shape index (κ3) is 8.30. The molecule has 1 atom stereocenters. The van der Waals surface area contributed by atoms with Crippen molar-refractivity contribution in [2.24, 2.45) is 0 Å². The third-order valence-corrected chi connectivity index (χ3v) is 7.70. The number of aromatic nitrogens is 5. The van der Waals surface area contributed by atoms with E-state index < -0.39 is 16.2 Å². The van der Waals surface area contributed by atoms with Gasteiger partial charge in [0.15, 0.2) is 5.82 Å². The Morgan fingerprint density at radius 2 is 2.07 bits per heavy atom. The van der Waals surface area contributed by atoms with Gasteiger partial charge in [-0.15, -0.1) is 0 Å². The standard InChI is InChI=1S/C27H27FN8O3.C2H6O3S/c1-17-23(34-27(37)39-15-22-14-38-8-7-29-22)13-36-25(17)26(30-16-32-36)33-21-5-6-24-19(10-21)11-31-35(24)12-18-3-2-4-20(28)9-18;1-2-6(3,4)5/h2-6,9-11,13,16,22,29H,7-8,12,14-15H2,1H3,(H,34,37)(H,30,32,33);2H2,1H3,(H,3,4,5)/t22-;/m0./s1. The van der Waals surface area contributed by atoms with Crippen LogP contribution < -0.4 is 16.0 Å². The zero-order chi connectivity index (χ0) is 32.0. The number of anilines is 3. The first-order chi connectivity index (χ1) is 21.6. The molecular weight excluding hydrogens is 607 g/mol. The highest BCUT2D eigenvalue weighted by atomic mass is 32.2. The van der Waals surface area contributed by atoms with Crippen LogP contribution >= 0.6 is 0 Å². The van der Waals surface area contributed by atoms with E-state index in [9.17, 15) is 17.6 Å². The Labute approximate surface area is 258 Å².